The van der Waals surface area contributed by atoms with E-state index >= 15 is 0 Å². The van der Waals surface area contributed by atoms with E-state index in [0.717, 1.165) is 16.7 Å². The number of ether oxygens (including phenoxy) is 2. The number of halogens is 2. The van der Waals surface area contributed by atoms with E-state index in [1.54, 1.807) is 25.3 Å². The fourth-order valence-electron chi connectivity index (χ4n) is 4.55. The summed E-state index contributed by atoms with van der Waals surface area (Å²) in [5.41, 5.74) is 2.54. The van der Waals surface area contributed by atoms with E-state index in [-0.39, 0.29) is 25.4 Å². The van der Waals surface area contributed by atoms with E-state index in [4.69, 9.17) is 32.7 Å². The van der Waals surface area contributed by atoms with Gasteiger partial charge in [-0.1, -0.05) is 53.5 Å². The number of methoxy groups -OCH3 is 1. The average molecular weight is 528 g/mol. The standard InChI is InChI=1S/C28H27Cl2NO5/c1-28(15-19-7-5-8-22(29)26(19)30)16-21-14-18(10-11-24(21)36-28)27(34)31(13-12-25(32)33)17-20-6-3-4-9-23(20)35-2/h3-11,14H,12-13,15-17H2,1-2H3,(H,32,33)/t28-/m1/s1. The van der Waals surface area contributed by atoms with Crippen molar-refractivity contribution in [1.29, 1.82) is 0 Å². The summed E-state index contributed by atoms with van der Waals surface area (Å²) in [5, 5.41) is 10.2. The number of hydrogen-bond donors (Lipinski definition) is 1. The summed E-state index contributed by atoms with van der Waals surface area (Å²) in [4.78, 5) is 26.3. The van der Waals surface area contributed by atoms with Crippen molar-refractivity contribution in [3.05, 3.63) is 93.0 Å². The zero-order valence-corrected chi connectivity index (χ0v) is 21.6. The van der Waals surface area contributed by atoms with Crippen LogP contribution in [0.25, 0.3) is 0 Å². The molecule has 0 spiro atoms. The molecule has 0 aliphatic carbocycles. The van der Waals surface area contributed by atoms with Crippen LogP contribution in [0.4, 0.5) is 0 Å². The molecule has 1 aliphatic rings. The number of carbonyl (C=O) groups is 2. The zero-order chi connectivity index (χ0) is 25.9. The van der Waals surface area contributed by atoms with Crippen molar-refractivity contribution in [1.82, 2.24) is 4.90 Å². The lowest BCUT2D eigenvalue weighted by atomic mass is 9.91. The van der Waals surface area contributed by atoms with Gasteiger partial charge in [0, 0.05) is 37.1 Å². The number of carboxylic acids is 1. The Kier molecular flexibility index (Phi) is 7.76. The van der Waals surface area contributed by atoms with Crippen molar-refractivity contribution in [2.24, 2.45) is 0 Å². The molecule has 1 atom stereocenters. The largest absolute Gasteiger partial charge is 0.496 e. The minimum Gasteiger partial charge on any atom is -0.496 e. The van der Waals surface area contributed by atoms with E-state index in [2.05, 4.69) is 0 Å². The number of carbonyl (C=O) groups excluding carboxylic acids is 1. The van der Waals surface area contributed by atoms with Crippen molar-refractivity contribution in [2.75, 3.05) is 13.7 Å². The molecule has 1 heterocycles. The lowest BCUT2D eigenvalue weighted by molar-refractivity contribution is -0.137. The van der Waals surface area contributed by atoms with E-state index < -0.39 is 11.6 Å². The van der Waals surface area contributed by atoms with Gasteiger partial charge in [0.25, 0.3) is 5.91 Å². The molecule has 0 unspecified atom stereocenters. The number of amides is 1. The molecule has 0 saturated carbocycles. The number of benzene rings is 3. The highest BCUT2D eigenvalue weighted by molar-refractivity contribution is 6.42. The minimum absolute atomic E-state index is 0.0742. The molecular formula is C28H27Cl2NO5. The van der Waals surface area contributed by atoms with Gasteiger partial charge in [-0.2, -0.15) is 0 Å². The van der Waals surface area contributed by atoms with E-state index in [1.165, 1.54) is 4.90 Å². The van der Waals surface area contributed by atoms with Crippen LogP contribution in [0.5, 0.6) is 11.5 Å². The molecule has 3 aromatic carbocycles. The first kappa shape index (κ1) is 25.9. The molecule has 188 valence electrons. The first-order chi connectivity index (χ1) is 17.2. The lowest BCUT2D eigenvalue weighted by Crippen LogP contribution is -2.33. The smallest absolute Gasteiger partial charge is 0.305 e. The third-order valence-electron chi connectivity index (χ3n) is 6.26. The van der Waals surface area contributed by atoms with Gasteiger partial charge in [0.2, 0.25) is 0 Å². The van der Waals surface area contributed by atoms with Gasteiger partial charge in [0.1, 0.15) is 17.1 Å². The highest BCUT2D eigenvalue weighted by Crippen LogP contribution is 2.39. The van der Waals surface area contributed by atoms with Crippen LogP contribution in [0.15, 0.2) is 60.7 Å². The molecule has 36 heavy (non-hydrogen) atoms. The summed E-state index contributed by atoms with van der Waals surface area (Å²) in [6.07, 6.45) is 0.990. The van der Waals surface area contributed by atoms with Crippen molar-refractivity contribution in [3.8, 4) is 11.5 Å². The summed E-state index contributed by atoms with van der Waals surface area (Å²) in [6.45, 7) is 2.31. The summed E-state index contributed by atoms with van der Waals surface area (Å²) in [7, 11) is 1.57. The molecule has 8 heteroatoms. The Bertz CT molecular complexity index is 1290. The van der Waals surface area contributed by atoms with Crippen LogP contribution >= 0.6 is 23.2 Å². The van der Waals surface area contributed by atoms with Crippen molar-refractivity contribution >= 4 is 35.1 Å². The molecule has 0 fully saturated rings. The Morgan fingerprint density at radius 2 is 1.83 bits per heavy atom. The monoisotopic (exact) mass is 527 g/mol. The zero-order valence-electron chi connectivity index (χ0n) is 20.1. The molecule has 0 radical (unpaired) electrons. The lowest BCUT2D eigenvalue weighted by Gasteiger charge is -2.24. The highest BCUT2D eigenvalue weighted by Gasteiger charge is 2.36. The predicted molar refractivity (Wildman–Crippen MR) is 139 cm³/mol. The molecular weight excluding hydrogens is 501 g/mol. The van der Waals surface area contributed by atoms with Gasteiger partial charge in [0.05, 0.1) is 23.6 Å². The van der Waals surface area contributed by atoms with Gasteiger partial charge in [-0.05, 0) is 48.4 Å². The van der Waals surface area contributed by atoms with Crippen LogP contribution < -0.4 is 9.47 Å². The molecule has 0 bridgehead atoms. The maximum Gasteiger partial charge on any atom is 0.305 e. The number of hydrogen-bond acceptors (Lipinski definition) is 4. The third kappa shape index (κ3) is 5.77. The Balaban J connectivity index is 1.55. The number of rotatable bonds is 9. The Hall–Kier alpha value is -3.22. The number of carboxylic acid groups (broad SMARTS) is 1. The number of aliphatic carboxylic acids is 1. The summed E-state index contributed by atoms with van der Waals surface area (Å²) in [5.74, 6) is 0.138. The molecule has 1 N–H and O–H groups in total. The third-order valence-corrected chi connectivity index (χ3v) is 7.12. The number of nitrogens with zero attached hydrogens (tertiary/aromatic N) is 1. The highest BCUT2D eigenvalue weighted by atomic mass is 35.5. The van der Waals surface area contributed by atoms with Crippen LogP contribution in [-0.4, -0.2) is 41.1 Å². The molecule has 0 saturated heterocycles. The number of fused-ring (bicyclic) bond motifs is 1. The fourth-order valence-corrected chi connectivity index (χ4v) is 4.93. The van der Waals surface area contributed by atoms with Crippen LogP contribution in [0.1, 0.15) is 40.4 Å². The number of para-hydroxylation sites is 1. The van der Waals surface area contributed by atoms with E-state index in [0.29, 0.717) is 39.9 Å². The van der Waals surface area contributed by atoms with Crippen LogP contribution in [0, 0.1) is 0 Å². The fraction of sp³-hybridized carbons (Fsp3) is 0.286. The molecule has 4 rings (SSSR count). The van der Waals surface area contributed by atoms with Gasteiger partial charge >= 0.3 is 5.97 Å². The van der Waals surface area contributed by atoms with Crippen molar-refractivity contribution < 1.29 is 24.2 Å². The molecule has 3 aromatic rings. The van der Waals surface area contributed by atoms with Crippen molar-refractivity contribution in [2.45, 2.75) is 38.3 Å². The molecule has 0 aromatic heterocycles. The molecule has 1 aliphatic heterocycles. The van der Waals surface area contributed by atoms with Gasteiger partial charge < -0.3 is 19.5 Å². The van der Waals surface area contributed by atoms with Gasteiger partial charge in [0.15, 0.2) is 0 Å². The Morgan fingerprint density at radius 1 is 1.08 bits per heavy atom. The maximum atomic E-state index is 13.5. The molecule has 1 amide bonds. The topological polar surface area (TPSA) is 76.1 Å². The summed E-state index contributed by atoms with van der Waals surface area (Å²) < 4.78 is 11.7. The quantitative estimate of drug-likeness (QED) is 0.366. The average Bonchev–Trinajstić information content (AvgIpc) is 3.19. The Morgan fingerprint density at radius 3 is 2.58 bits per heavy atom. The first-order valence-electron chi connectivity index (χ1n) is 11.6. The van der Waals surface area contributed by atoms with Crippen molar-refractivity contribution in [3.63, 3.8) is 0 Å². The molecule has 6 nitrogen and oxygen atoms in total. The normalized spacial score (nSPS) is 16.2. The van der Waals surface area contributed by atoms with E-state index in [1.807, 2.05) is 49.4 Å². The van der Waals surface area contributed by atoms with Gasteiger partial charge in [-0.3, -0.25) is 9.59 Å². The Labute approximate surface area is 220 Å². The van der Waals surface area contributed by atoms with Gasteiger partial charge in [-0.15, -0.1) is 0 Å². The van der Waals surface area contributed by atoms with E-state index in [9.17, 15) is 14.7 Å². The van der Waals surface area contributed by atoms with Crippen LogP contribution in [0.3, 0.4) is 0 Å². The maximum absolute atomic E-state index is 13.5. The summed E-state index contributed by atoms with van der Waals surface area (Å²) >= 11 is 12.6. The SMILES string of the molecule is COc1ccccc1CN(CCC(=O)O)C(=O)c1ccc2c(c1)C[C@@](C)(Cc1cccc(Cl)c1Cl)O2. The second kappa shape index (κ2) is 10.8. The van der Waals surface area contributed by atoms with Crippen LogP contribution in [0.2, 0.25) is 10.0 Å². The van der Waals surface area contributed by atoms with Crippen LogP contribution in [-0.2, 0) is 24.2 Å². The minimum atomic E-state index is -0.967. The predicted octanol–water partition coefficient (Wildman–Crippen LogP) is 6.06. The first-order valence-corrected chi connectivity index (χ1v) is 12.3. The summed E-state index contributed by atoms with van der Waals surface area (Å²) in [6, 6.07) is 18.3. The second-order valence-electron chi connectivity index (χ2n) is 9.12. The van der Waals surface area contributed by atoms with Gasteiger partial charge in [-0.25, -0.2) is 0 Å². The second-order valence-corrected chi connectivity index (χ2v) is 9.91.